The first-order valence-corrected chi connectivity index (χ1v) is 7.92. The van der Waals surface area contributed by atoms with Gasteiger partial charge < -0.3 is 14.4 Å². The van der Waals surface area contributed by atoms with Gasteiger partial charge in [0.05, 0.1) is 13.2 Å². The second-order valence-electron chi connectivity index (χ2n) is 6.34. The number of carbonyl (C=O) groups is 1. The summed E-state index contributed by atoms with van der Waals surface area (Å²) < 4.78 is 11.6. The topological polar surface area (TPSA) is 38.8 Å². The van der Waals surface area contributed by atoms with Crippen molar-refractivity contribution in [2.24, 2.45) is 5.92 Å². The summed E-state index contributed by atoms with van der Waals surface area (Å²) in [5.41, 5.74) is 3.65. The maximum Gasteiger partial charge on any atom is 0.225 e. The number of ether oxygens (including phenoxy) is 2. The Morgan fingerprint density at radius 2 is 2.10 bits per heavy atom. The van der Waals surface area contributed by atoms with Crippen LogP contribution in [0.25, 0.3) is 0 Å². The van der Waals surface area contributed by atoms with Crippen LogP contribution in [-0.4, -0.2) is 31.1 Å². The van der Waals surface area contributed by atoms with Gasteiger partial charge in [0.1, 0.15) is 11.5 Å². The van der Waals surface area contributed by atoms with Crippen molar-refractivity contribution >= 4 is 5.91 Å². The van der Waals surface area contributed by atoms with Crippen LogP contribution in [0.1, 0.15) is 36.0 Å². The van der Waals surface area contributed by atoms with E-state index in [0.717, 1.165) is 50.4 Å². The molecule has 1 aliphatic carbocycles. The van der Waals surface area contributed by atoms with E-state index in [1.54, 1.807) is 0 Å². The lowest BCUT2D eigenvalue weighted by Crippen LogP contribution is -2.36. The molecule has 1 aromatic carbocycles. The highest BCUT2D eigenvalue weighted by atomic mass is 16.5. The van der Waals surface area contributed by atoms with E-state index in [9.17, 15) is 4.79 Å². The first-order valence-electron chi connectivity index (χ1n) is 7.92. The maximum atomic E-state index is 12.4. The minimum atomic E-state index is 0.247. The summed E-state index contributed by atoms with van der Waals surface area (Å²) in [5.74, 6) is 2.53. The molecule has 1 aromatic rings. The average molecular weight is 287 g/mol. The summed E-state index contributed by atoms with van der Waals surface area (Å²) in [6.45, 7) is 2.13. The zero-order valence-electron chi connectivity index (χ0n) is 12.5. The summed E-state index contributed by atoms with van der Waals surface area (Å²) in [7, 11) is 1.91. The van der Waals surface area contributed by atoms with Crippen LogP contribution in [0.5, 0.6) is 11.5 Å². The summed E-state index contributed by atoms with van der Waals surface area (Å²) >= 11 is 0. The molecule has 1 saturated carbocycles. The van der Waals surface area contributed by atoms with Gasteiger partial charge in [-0.2, -0.15) is 0 Å². The lowest BCUT2D eigenvalue weighted by molar-refractivity contribution is -0.137. The van der Waals surface area contributed by atoms with Gasteiger partial charge in [-0.15, -0.1) is 0 Å². The number of amides is 1. The van der Waals surface area contributed by atoms with Gasteiger partial charge in [-0.05, 0) is 18.9 Å². The summed E-state index contributed by atoms with van der Waals surface area (Å²) in [4.78, 5) is 14.3. The van der Waals surface area contributed by atoms with Crippen molar-refractivity contribution in [1.82, 2.24) is 4.90 Å². The molecule has 0 aromatic heterocycles. The molecule has 0 bridgehead atoms. The summed E-state index contributed by atoms with van der Waals surface area (Å²) in [6.07, 6.45) is 5.16. The predicted molar refractivity (Wildman–Crippen MR) is 78.7 cm³/mol. The molecule has 1 fully saturated rings. The molecular formula is C17H21NO3. The van der Waals surface area contributed by atoms with Crippen molar-refractivity contribution in [3.63, 3.8) is 0 Å². The summed E-state index contributed by atoms with van der Waals surface area (Å²) in [6, 6.07) is 2.13. The fourth-order valence-corrected chi connectivity index (χ4v) is 3.53. The highest BCUT2D eigenvalue weighted by Gasteiger charge is 2.31. The van der Waals surface area contributed by atoms with Crippen LogP contribution in [0.15, 0.2) is 6.07 Å². The number of carbonyl (C=O) groups excluding carboxylic acids is 1. The monoisotopic (exact) mass is 287 g/mol. The Hall–Kier alpha value is -1.71. The molecule has 2 heterocycles. The highest BCUT2D eigenvalue weighted by Crippen LogP contribution is 2.41. The molecule has 1 amide bonds. The van der Waals surface area contributed by atoms with Crippen molar-refractivity contribution in [3.05, 3.63) is 22.8 Å². The number of rotatable bonds is 3. The van der Waals surface area contributed by atoms with Crippen LogP contribution in [0.4, 0.5) is 0 Å². The fourth-order valence-electron chi connectivity index (χ4n) is 3.53. The molecule has 112 valence electrons. The largest absolute Gasteiger partial charge is 0.493 e. The minimum absolute atomic E-state index is 0.247. The third kappa shape index (κ3) is 2.08. The van der Waals surface area contributed by atoms with Gasteiger partial charge in [-0.25, -0.2) is 0 Å². The van der Waals surface area contributed by atoms with Crippen LogP contribution >= 0.6 is 0 Å². The molecule has 2 aliphatic heterocycles. The van der Waals surface area contributed by atoms with E-state index in [-0.39, 0.29) is 11.8 Å². The average Bonchev–Trinajstić information content (AvgIpc) is 3.04. The van der Waals surface area contributed by atoms with Gasteiger partial charge >= 0.3 is 0 Å². The molecule has 0 saturated heterocycles. The zero-order valence-corrected chi connectivity index (χ0v) is 12.5. The number of fused-ring (bicyclic) bond motifs is 2. The van der Waals surface area contributed by atoms with Crippen LogP contribution in [0.3, 0.4) is 0 Å². The molecule has 0 radical (unpaired) electrons. The number of benzene rings is 1. The quantitative estimate of drug-likeness (QED) is 0.856. The van der Waals surface area contributed by atoms with Crippen LogP contribution in [-0.2, 0) is 24.2 Å². The highest BCUT2D eigenvalue weighted by molar-refractivity contribution is 5.79. The molecule has 4 rings (SSSR count). The lowest BCUT2D eigenvalue weighted by atomic mass is 9.84. The Kier molecular flexibility index (Phi) is 3.05. The van der Waals surface area contributed by atoms with E-state index in [1.807, 2.05) is 11.9 Å². The second-order valence-corrected chi connectivity index (χ2v) is 6.34. The molecule has 0 spiro atoms. The SMILES string of the molecule is CN(Cc1c2c(cc3c1OCC3)OCC2)C(=O)C1CCC1. The first kappa shape index (κ1) is 13.0. The molecular weight excluding hydrogens is 266 g/mol. The predicted octanol–water partition coefficient (Wildman–Crippen LogP) is 2.31. The zero-order chi connectivity index (χ0) is 14.4. The van der Waals surface area contributed by atoms with Gasteiger partial charge in [0.2, 0.25) is 5.91 Å². The maximum absolute atomic E-state index is 12.4. The van der Waals surface area contributed by atoms with E-state index in [2.05, 4.69) is 6.07 Å². The Balaban J connectivity index is 1.63. The number of hydrogen-bond acceptors (Lipinski definition) is 3. The van der Waals surface area contributed by atoms with E-state index >= 15 is 0 Å². The standard InChI is InChI=1S/C17H21NO3/c1-18(17(19)11-3-2-4-11)10-14-13-6-8-20-15(13)9-12-5-7-21-16(12)14/h9,11H,2-8,10H2,1H3. The first-order chi connectivity index (χ1) is 10.2. The van der Waals surface area contributed by atoms with Crippen LogP contribution in [0.2, 0.25) is 0 Å². The van der Waals surface area contributed by atoms with E-state index in [1.165, 1.54) is 23.1 Å². The van der Waals surface area contributed by atoms with Gasteiger partial charge in [0, 0.05) is 49.0 Å². The van der Waals surface area contributed by atoms with Crippen LogP contribution < -0.4 is 9.47 Å². The lowest BCUT2D eigenvalue weighted by Gasteiger charge is -2.30. The number of nitrogens with zero attached hydrogens (tertiary/aromatic N) is 1. The molecule has 21 heavy (non-hydrogen) atoms. The minimum Gasteiger partial charge on any atom is -0.493 e. The van der Waals surface area contributed by atoms with Crippen LogP contribution in [0, 0.1) is 5.92 Å². The van der Waals surface area contributed by atoms with Crippen molar-refractivity contribution in [3.8, 4) is 11.5 Å². The van der Waals surface area contributed by atoms with Crippen molar-refractivity contribution < 1.29 is 14.3 Å². The van der Waals surface area contributed by atoms with E-state index in [0.29, 0.717) is 6.54 Å². The van der Waals surface area contributed by atoms with Crippen molar-refractivity contribution in [1.29, 1.82) is 0 Å². The smallest absolute Gasteiger partial charge is 0.225 e. The third-order valence-electron chi connectivity index (χ3n) is 4.99. The number of hydrogen-bond donors (Lipinski definition) is 0. The second kappa shape index (κ2) is 4.93. The van der Waals surface area contributed by atoms with Crippen molar-refractivity contribution in [2.75, 3.05) is 20.3 Å². The van der Waals surface area contributed by atoms with Gasteiger partial charge in [0.25, 0.3) is 0 Å². The van der Waals surface area contributed by atoms with E-state index < -0.39 is 0 Å². The molecule has 4 nitrogen and oxygen atoms in total. The Labute approximate surface area is 125 Å². The third-order valence-corrected chi connectivity index (χ3v) is 4.99. The Morgan fingerprint density at radius 1 is 1.29 bits per heavy atom. The fraction of sp³-hybridized carbons (Fsp3) is 0.588. The van der Waals surface area contributed by atoms with Gasteiger partial charge in [0.15, 0.2) is 0 Å². The molecule has 4 heteroatoms. The normalized spacial score (nSPS) is 19.3. The molecule has 0 N–H and O–H groups in total. The van der Waals surface area contributed by atoms with Gasteiger partial charge in [-0.3, -0.25) is 4.79 Å². The Bertz CT molecular complexity index is 560. The Morgan fingerprint density at radius 3 is 2.86 bits per heavy atom. The summed E-state index contributed by atoms with van der Waals surface area (Å²) in [5, 5.41) is 0. The molecule has 0 atom stereocenters. The molecule has 3 aliphatic rings. The van der Waals surface area contributed by atoms with Gasteiger partial charge in [-0.1, -0.05) is 6.42 Å². The van der Waals surface area contributed by atoms with Crippen molar-refractivity contribution in [2.45, 2.75) is 38.6 Å². The van der Waals surface area contributed by atoms with E-state index in [4.69, 9.17) is 9.47 Å². The molecule has 0 unspecified atom stereocenters.